The van der Waals surface area contributed by atoms with Crippen molar-refractivity contribution < 1.29 is 44.7 Å². The molecule has 0 spiro atoms. The number of hydrogen-bond donors (Lipinski definition) is 2. The Morgan fingerprint density at radius 1 is 1.35 bits per heavy atom. The molecule has 3 atom stereocenters. The fraction of sp³-hybridized carbons (Fsp3) is 0.778. The number of sulfone groups is 1. The van der Waals surface area contributed by atoms with E-state index in [2.05, 4.69) is 0 Å². The number of nitrogens with zero attached hydrogens (tertiary/aromatic N) is 1. The van der Waals surface area contributed by atoms with Crippen LogP contribution in [0.25, 0.3) is 0 Å². The Morgan fingerprint density at radius 2 is 1.83 bits per heavy atom. The van der Waals surface area contributed by atoms with E-state index in [0.717, 1.165) is 18.6 Å². The molecule has 2 saturated heterocycles. The first-order chi connectivity index (χ1) is 10.1. The van der Waals surface area contributed by atoms with Gasteiger partial charge in [-0.1, -0.05) is 0 Å². The number of fused-ring (bicyclic) bond motifs is 1. The molecule has 0 aromatic heterocycles. The average molecular weight is 380 g/mol. The van der Waals surface area contributed by atoms with E-state index in [1.165, 1.54) is 0 Å². The molecule has 132 valence electrons. The zero-order valence-electron chi connectivity index (χ0n) is 11.5. The second-order valence-corrected chi connectivity index (χ2v) is 9.90. The van der Waals surface area contributed by atoms with Crippen LogP contribution in [0.2, 0.25) is 0 Å². The van der Waals surface area contributed by atoms with Crippen molar-refractivity contribution in [3.8, 4) is 0 Å². The van der Waals surface area contributed by atoms with E-state index in [0.29, 0.717) is 4.90 Å². The summed E-state index contributed by atoms with van der Waals surface area (Å²) in [6.45, 7) is 2.00. The van der Waals surface area contributed by atoms with Crippen LogP contribution >= 0.6 is 0 Å². The van der Waals surface area contributed by atoms with Crippen molar-refractivity contribution in [3.05, 3.63) is 0 Å². The predicted molar refractivity (Wildman–Crippen MR) is 67.0 cm³/mol. The van der Waals surface area contributed by atoms with E-state index in [4.69, 9.17) is 5.11 Å². The monoisotopic (exact) mass is 380 g/mol. The third-order valence-electron chi connectivity index (χ3n) is 3.89. The minimum Gasteiger partial charge on any atom is -0.480 e. The fourth-order valence-corrected chi connectivity index (χ4v) is 5.65. The van der Waals surface area contributed by atoms with Crippen molar-refractivity contribution in [2.24, 2.45) is 0 Å². The molecule has 2 heterocycles. The Balaban J connectivity index is 2.46. The van der Waals surface area contributed by atoms with Crippen LogP contribution in [0.4, 0.5) is 13.2 Å². The smallest absolute Gasteiger partial charge is 0.480 e. The zero-order valence-corrected chi connectivity index (χ0v) is 13.2. The normalized spacial score (nSPS) is 32.3. The molecule has 0 aromatic carbocycles. The van der Waals surface area contributed by atoms with Gasteiger partial charge in [-0.2, -0.15) is 17.9 Å². The SMILES string of the molecule is CC1(C)[C@H](C(=O)O)N2C(=O)[C@H](NS(=O)(=O)C(F)(F)F)[C@H]2S1(=O)=O. The number of carbonyl (C=O) groups excluding carboxylic acids is 1. The van der Waals surface area contributed by atoms with Gasteiger partial charge >= 0.3 is 21.5 Å². The number of sulfonamides is 1. The summed E-state index contributed by atoms with van der Waals surface area (Å²) in [6.07, 6.45) is 0. The highest BCUT2D eigenvalue weighted by molar-refractivity contribution is 7.94. The second kappa shape index (κ2) is 4.57. The van der Waals surface area contributed by atoms with Gasteiger partial charge in [0.1, 0.15) is 16.8 Å². The number of carbonyl (C=O) groups is 2. The molecule has 2 rings (SSSR count). The van der Waals surface area contributed by atoms with Gasteiger partial charge in [0.05, 0.1) is 0 Å². The number of halogens is 3. The summed E-state index contributed by atoms with van der Waals surface area (Å²) < 4.78 is 82.8. The summed E-state index contributed by atoms with van der Waals surface area (Å²) in [5.74, 6) is -3.00. The highest BCUT2D eigenvalue weighted by Gasteiger charge is 2.73. The second-order valence-electron chi connectivity index (χ2n) is 5.57. The number of hydrogen-bond acceptors (Lipinski definition) is 6. The van der Waals surface area contributed by atoms with Gasteiger partial charge in [0.15, 0.2) is 15.2 Å². The Hall–Kier alpha value is -1.41. The number of aliphatic carboxylic acids is 1. The lowest BCUT2D eigenvalue weighted by Crippen LogP contribution is -2.72. The molecule has 2 fully saturated rings. The van der Waals surface area contributed by atoms with Crippen molar-refractivity contribution >= 4 is 31.7 Å². The summed E-state index contributed by atoms with van der Waals surface area (Å²) in [6, 6.07) is -4.04. The topological polar surface area (TPSA) is 138 Å². The first-order valence-electron chi connectivity index (χ1n) is 5.94. The standard InChI is InChI=1S/C9H11F3N2O7S2/c1-8(2)4(7(16)17)14-5(15)3(6(14)22(8,18)19)13-23(20,21)9(10,11)12/h3-4,6,13H,1-2H3,(H,16,17)/t3-,4-,6+/m0/s1. The van der Waals surface area contributed by atoms with Gasteiger partial charge in [-0.05, 0) is 13.8 Å². The van der Waals surface area contributed by atoms with Crippen LogP contribution in [-0.2, 0) is 29.4 Å². The van der Waals surface area contributed by atoms with E-state index in [-0.39, 0.29) is 0 Å². The van der Waals surface area contributed by atoms with Crippen LogP contribution < -0.4 is 4.72 Å². The van der Waals surface area contributed by atoms with Crippen LogP contribution in [0, 0.1) is 0 Å². The van der Waals surface area contributed by atoms with Gasteiger partial charge in [0.2, 0.25) is 5.91 Å². The molecule has 2 aliphatic rings. The summed E-state index contributed by atoms with van der Waals surface area (Å²) in [4.78, 5) is 23.4. The highest BCUT2D eigenvalue weighted by Crippen LogP contribution is 2.46. The molecule has 2 N–H and O–H groups in total. The van der Waals surface area contributed by atoms with E-state index in [1.54, 1.807) is 0 Å². The quantitative estimate of drug-likeness (QED) is 0.576. The summed E-state index contributed by atoms with van der Waals surface area (Å²) in [5, 5.41) is 7.10. The number of amides is 1. The van der Waals surface area contributed by atoms with Gasteiger partial charge in [0, 0.05) is 0 Å². The van der Waals surface area contributed by atoms with Crippen LogP contribution in [-0.4, -0.2) is 66.4 Å². The van der Waals surface area contributed by atoms with Crippen molar-refractivity contribution in [1.82, 2.24) is 9.62 Å². The summed E-state index contributed by atoms with van der Waals surface area (Å²) in [5.41, 5.74) is -5.74. The van der Waals surface area contributed by atoms with Crippen LogP contribution in [0.3, 0.4) is 0 Å². The maximum Gasteiger partial charge on any atom is 0.511 e. The molecule has 0 aromatic rings. The Labute approximate surface area is 128 Å². The zero-order chi connectivity index (χ0) is 18.2. The van der Waals surface area contributed by atoms with Gasteiger partial charge in [-0.3, -0.25) is 4.79 Å². The molecule has 2 aliphatic heterocycles. The van der Waals surface area contributed by atoms with E-state index in [9.17, 15) is 39.6 Å². The molecule has 0 saturated carbocycles. The third kappa shape index (κ3) is 2.15. The number of β-lactam (4-membered cyclic amide) rings is 1. The average Bonchev–Trinajstić information content (AvgIpc) is 2.47. The van der Waals surface area contributed by atoms with Gasteiger partial charge in [-0.15, -0.1) is 0 Å². The van der Waals surface area contributed by atoms with E-state index in [1.807, 2.05) is 0 Å². The molecule has 0 bridgehead atoms. The summed E-state index contributed by atoms with van der Waals surface area (Å²) >= 11 is 0. The van der Waals surface area contributed by atoms with Crippen molar-refractivity contribution in [3.63, 3.8) is 0 Å². The van der Waals surface area contributed by atoms with Gasteiger partial charge in [0.25, 0.3) is 0 Å². The fourth-order valence-electron chi connectivity index (χ4n) is 2.65. The molecule has 23 heavy (non-hydrogen) atoms. The van der Waals surface area contributed by atoms with Crippen LogP contribution in [0.1, 0.15) is 13.8 Å². The van der Waals surface area contributed by atoms with Gasteiger partial charge in [-0.25, -0.2) is 21.6 Å². The maximum atomic E-state index is 12.4. The number of carboxylic acids is 1. The minimum absolute atomic E-state index is 0.376. The molecular weight excluding hydrogens is 369 g/mol. The molecule has 0 unspecified atom stereocenters. The minimum atomic E-state index is -5.96. The van der Waals surface area contributed by atoms with Crippen LogP contribution in [0.15, 0.2) is 0 Å². The number of rotatable bonds is 3. The molecule has 0 aliphatic carbocycles. The van der Waals surface area contributed by atoms with Crippen molar-refractivity contribution in [2.75, 3.05) is 0 Å². The maximum absolute atomic E-state index is 12.4. The molecule has 1 amide bonds. The number of nitrogens with one attached hydrogen (secondary N) is 1. The molecular formula is C9H11F3N2O7S2. The largest absolute Gasteiger partial charge is 0.511 e. The molecule has 9 nitrogen and oxygen atoms in total. The first-order valence-corrected chi connectivity index (χ1v) is 8.97. The first kappa shape index (κ1) is 17.9. The number of carboxylic acid groups (broad SMARTS) is 1. The molecule has 0 radical (unpaired) electrons. The van der Waals surface area contributed by atoms with E-state index >= 15 is 0 Å². The van der Waals surface area contributed by atoms with E-state index < -0.39 is 59.4 Å². The lowest BCUT2D eigenvalue weighted by Gasteiger charge is -2.42. The van der Waals surface area contributed by atoms with Crippen molar-refractivity contribution in [2.45, 2.75) is 41.6 Å². The lowest BCUT2D eigenvalue weighted by molar-refractivity contribution is -0.159. The lowest BCUT2D eigenvalue weighted by atomic mass is 9.96. The predicted octanol–water partition coefficient (Wildman–Crippen LogP) is -1.38. The van der Waals surface area contributed by atoms with Crippen LogP contribution in [0.5, 0.6) is 0 Å². The highest BCUT2D eigenvalue weighted by atomic mass is 32.2. The van der Waals surface area contributed by atoms with Gasteiger partial charge < -0.3 is 10.0 Å². The Morgan fingerprint density at radius 3 is 2.22 bits per heavy atom. The third-order valence-corrected chi connectivity index (χ3v) is 7.89. The molecule has 14 heteroatoms. The Kier molecular flexibility index (Phi) is 3.56. The Bertz CT molecular complexity index is 786. The summed E-state index contributed by atoms with van der Waals surface area (Å²) in [7, 11) is -10.4. The van der Waals surface area contributed by atoms with Crippen molar-refractivity contribution in [1.29, 1.82) is 0 Å². The number of alkyl halides is 3.